The van der Waals surface area contributed by atoms with Gasteiger partial charge in [-0.2, -0.15) is 10.2 Å². The highest BCUT2D eigenvalue weighted by Gasteiger charge is 2.24. The quantitative estimate of drug-likeness (QED) is 0.525. The van der Waals surface area contributed by atoms with Crippen molar-refractivity contribution in [2.45, 2.75) is 12.8 Å². The molecule has 2 aromatic carbocycles. The number of hydrazone groups is 1. The number of hydrogen-bond acceptors (Lipinski definition) is 3. The fraction of sp³-hybridized carbons (Fsp3) is 0.105. The van der Waals surface area contributed by atoms with Crippen LogP contribution < -0.4 is 5.43 Å². The maximum Gasteiger partial charge on any atom is 0.289 e. The van der Waals surface area contributed by atoms with E-state index < -0.39 is 0 Å². The van der Waals surface area contributed by atoms with Crippen LogP contribution in [0.1, 0.15) is 27.2 Å². The molecule has 0 atom stereocenters. The minimum Gasteiger partial charge on any atom is -0.272 e. The van der Waals surface area contributed by atoms with Gasteiger partial charge in [-0.25, -0.2) is 5.43 Å². The van der Waals surface area contributed by atoms with E-state index in [0.29, 0.717) is 5.69 Å². The first kappa shape index (κ1) is 15.8. The molecule has 1 aliphatic carbocycles. The second-order valence-electron chi connectivity index (χ2n) is 5.80. The van der Waals surface area contributed by atoms with Crippen LogP contribution in [0.4, 0.5) is 0 Å². The third-order valence-electron chi connectivity index (χ3n) is 4.29. The molecule has 1 aliphatic rings. The predicted molar refractivity (Wildman–Crippen MR) is 101 cm³/mol. The van der Waals surface area contributed by atoms with Crippen LogP contribution in [-0.4, -0.2) is 22.3 Å². The average Bonchev–Trinajstić information content (AvgIpc) is 3.08. The summed E-state index contributed by atoms with van der Waals surface area (Å²) in [5.41, 5.74) is 8.12. The second-order valence-corrected chi connectivity index (χ2v) is 6.66. The lowest BCUT2D eigenvalue weighted by Gasteiger charge is -2.15. The van der Waals surface area contributed by atoms with Crippen LogP contribution in [0, 0.1) is 0 Å². The molecule has 0 saturated carbocycles. The molecule has 0 radical (unpaired) electrons. The Morgan fingerprint density at radius 1 is 1.16 bits per heavy atom. The standard InChI is InChI=1S/C19H15BrN4O/c20-16-8-4-2-6-13(16)11-21-24-19(25)18-15-10-9-12-5-1-3-7-14(12)17(15)22-23-18/h1-8,11H,9-10H2,(H,22,23)(H,24,25)/b21-11-. The third-order valence-corrected chi connectivity index (χ3v) is 5.01. The van der Waals surface area contributed by atoms with E-state index in [2.05, 4.69) is 42.7 Å². The minimum absolute atomic E-state index is 0.281. The summed E-state index contributed by atoms with van der Waals surface area (Å²) in [7, 11) is 0. The van der Waals surface area contributed by atoms with Gasteiger partial charge in [-0.15, -0.1) is 0 Å². The van der Waals surface area contributed by atoms with Crippen molar-refractivity contribution in [1.82, 2.24) is 15.6 Å². The Balaban J connectivity index is 1.55. The van der Waals surface area contributed by atoms with Crippen molar-refractivity contribution in [3.63, 3.8) is 0 Å². The number of fused-ring (bicyclic) bond motifs is 3. The van der Waals surface area contributed by atoms with Gasteiger partial charge in [0.1, 0.15) is 5.69 Å². The lowest BCUT2D eigenvalue weighted by atomic mass is 9.89. The van der Waals surface area contributed by atoms with Gasteiger partial charge in [0.15, 0.2) is 0 Å². The number of rotatable bonds is 3. The van der Waals surface area contributed by atoms with Crippen molar-refractivity contribution in [2.75, 3.05) is 0 Å². The molecule has 5 nitrogen and oxygen atoms in total. The van der Waals surface area contributed by atoms with Crippen LogP contribution in [0.2, 0.25) is 0 Å². The molecule has 124 valence electrons. The van der Waals surface area contributed by atoms with Gasteiger partial charge in [0.25, 0.3) is 5.91 Å². The monoisotopic (exact) mass is 394 g/mol. The maximum absolute atomic E-state index is 12.5. The highest BCUT2D eigenvalue weighted by molar-refractivity contribution is 9.10. The highest BCUT2D eigenvalue weighted by atomic mass is 79.9. The van der Waals surface area contributed by atoms with Gasteiger partial charge >= 0.3 is 0 Å². The summed E-state index contributed by atoms with van der Waals surface area (Å²) in [5, 5.41) is 11.3. The number of carbonyl (C=O) groups is 1. The van der Waals surface area contributed by atoms with Gasteiger partial charge in [-0.05, 0) is 24.5 Å². The number of aryl methyl sites for hydroxylation is 1. The molecular formula is C19H15BrN4O. The van der Waals surface area contributed by atoms with Crippen LogP contribution in [0.3, 0.4) is 0 Å². The van der Waals surface area contributed by atoms with E-state index in [1.165, 1.54) is 5.56 Å². The lowest BCUT2D eigenvalue weighted by molar-refractivity contribution is 0.0949. The fourth-order valence-corrected chi connectivity index (χ4v) is 3.43. The Bertz CT molecular complexity index is 977. The molecule has 6 heteroatoms. The van der Waals surface area contributed by atoms with Gasteiger partial charge in [-0.3, -0.25) is 9.89 Å². The van der Waals surface area contributed by atoms with Crippen molar-refractivity contribution in [3.05, 3.63) is 75.4 Å². The van der Waals surface area contributed by atoms with Crippen LogP contribution in [0.5, 0.6) is 0 Å². The molecule has 0 unspecified atom stereocenters. The van der Waals surface area contributed by atoms with Gasteiger partial charge in [-0.1, -0.05) is 58.4 Å². The number of halogens is 1. The summed E-state index contributed by atoms with van der Waals surface area (Å²) in [4.78, 5) is 12.5. The number of hydrogen-bond donors (Lipinski definition) is 2. The fourth-order valence-electron chi connectivity index (χ4n) is 3.04. The Labute approximate surface area is 153 Å². The van der Waals surface area contributed by atoms with Gasteiger partial charge in [0.2, 0.25) is 0 Å². The molecule has 3 aromatic rings. The van der Waals surface area contributed by atoms with Crippen molar-refractivity contribution in [1.29, 1.82) is 0 Å². The Kier molecular flexibility index (Phi) is 4.19. The van der Waals surface area contributed by atoms with Gasteiger partial charge < -0.3 is 0 Å². The first-order valence-electron chi connectivity index (χ1n) is 7.97. The second kappa shape index (κ2) is 6.64. The van der Waals surface area contributed by atoms with Crippen molar-refractivity contribution in [3.8, 4) is 11.3 Å². The largest absolute Gasteiger partial charge is 0.289 e. The molecule has 0 fully saturated rings. The number of aromatic amines is 1. The van der Waals surface area contributed by atoms with E-state index in [-0.39, 0.29) is 5.91 Å². The number of benzene rings is 2. The van der Waals surface area contributed by atoms with Crippen LogP contribution >= 0.6 is 15.9 Å². The molecule has 0 aliphatic heterocycles. The summed E-state index contributed by atoms with van der Waals surface area (Å²) in [6, 6.07) is 15.8. The Morgan fingerprint density at radius 2 is 1.96 bits per heavy atom. The molecule has 4 rings (SSSR count). The average molecular weight is 395 g/mol. The Hall–Kier alpha value is -2.73. The molecule has 1 amide bonds. The molecule has 1 heterocycles. The summed E-state index contributed by atoms with van der Waals surface area (Å²) in [6.07, 6.45) is 3.31. The minimum atomic E-state index is -0.281. The normalized spacial score (nSPS) is 12.7. The van der Waals surface area contributed by atoms with Crippen molar-refractivity contribution < 1.29 is 4.79 Å². The number of H-pyrrole nitrogens is 1. The number of aromatic nitrogens is 2. The zero-order valence-corrected chi connectivity index (χ0v) is 14.9. The van der Waals surface area contributed by atoms with E-state index in [9.17, 15) is 4.79 Å². The number of carbonyl (C=O) groups excluding carboxylic acids is 1. The van der Waals surface area contributed by atoms with Crippen molar-refractivity contribution >= 4 is 28.1 Å². The molecule has 2 N–H and O–H groups in total. The third kappa shape index (κ3) is 3.00. The van der Waals surface area contributed by atoms with E-state index in [1.807, 2.05) is 42.5 Å². The molecule has 0 bridgehead atoms. The highest BCUT2D eigenvalue weighted by Crippen LogP contribution is 2.33. The van der Waals surface area contributed by atoms with E-state index in [1.54, 1.807) is 6.21 Å². The van der Waals surface area contributed by atoms with E-state index in [0.717, 1.165) is 39.7 Å². The molecule has 0 spiro atoms. The maximum atomic E-state index is 12.5. The van der Waals surface area contributed by atoms with Crippen LogP contribution in [0.25, 0.3) is 11.3 Å². The summed E-state index contributed by atoms with van der Waals surface area (Å²) < 4.78 is 0.920. The number of amides is 1. The number of nitrogens with one attached hydrogen (secondary N) is 2. The predicted octanol–water partition coefficient (Wildman–Crippen LogP) is 3.70. The molecule has 0 saturated heterocycles. The SMILES string of the molecule is O=C(N/N=C\c1ccccc1Br)c1[nH]nc2c1CCc1ccccc1-2. The number of nitrogens with zero attached hydrogens (tertiary/aromatic N) is 2. The zero-order chi connectivity index (χ0) is 17.2. The first-order valence-corrected chi connectivity index (χ1v) is 8.77. The van der Waals surface area contributed by atoms with Gasteiger partial charge in [0.05, 0.1) is 11.9 Å². The molecule has 25 heavy (non-hydrogen) atoms. The van der Waals surface area contributed by atoms with Crippen molar-refractivity contribution in [2.24, 2.45) is 5.10 Å². The van der Waals surface area contributed by atoms with Crippen LogP contribution in [-0.2, 0) is 12.8 Å². The summed E-state index contributed by atoms with van der Waals surface area (Å²) in [5.74, 6) is -0.281. The summed E-state index contributed by atoms with van der Waals surface area (Å²) in [6.45, 7) is 0. The Morgan fingerprint density at radius 3 is 2.84 bits per heavy atom. The zero-order valence-electron chi connectivity index (χ0n) is 13.3. The topological polar surface area (TPSA) is 70.1 Å². The molecule has 1 aromatic heterocycles. The molecular weight excluding hydrogens is 380 g/mol. The van der Waals surface area contributed by atoms with E-state index in [4.69, 9.17) is 0 Å². The van der Waals surface area contributed by atoms with E-state index >= 15 is 0 Å². The summed E-state index contributed by atoms with van der Waals surface area (Å²) >= 11 is 3.45. The smallest absolute Gasteiger partial charge is 0.272 e. The van der Waals surface area contributed by atoms with Crippen LogP contribution in [0.15, 0.2) is 58.1 Å². The first-order chi connectivity index (χ1) is 12.2. The lowest BCUT2D eigenvalue weighted by Crippen LogP contribution is -2.20. The van der Waals surface area contributed by atoms with Gasteiger partial charge in [0, 0.05) is 21.2 Å².